The van der Waals surface area contributed by atoms with E-state index in [2.05, 4.69) is 36.8 Å². The molecule has 3 aromatic rings. The molecule has 2 amide bonds. The van der Waals surface area contributed by atoms with Gasteiger partial charge >= 0.3 is 0 Å². The molecule has 0 unspecified atom stereocenters. The van der Waals surface area contributed by atoms with Crippen LogP contribution >= 0.6 is 11.5 Å². The van der Waals surface area contributed by atoms with Crippen molar-refractivity contribution in [2.24, 2.45) is 5.73 Å². The highest BCUT2D eigenvalue weighted by Gasteiger charge is 2.31. The number of hydrogen-bond acceptors (Lipinski definition) is 9. The second-order valence-corrected chi connectivity index (χ2v) is 9.65. The van der Waals surface area contributed by atoms with Crippen molar-refractivity contribution < 1.29 is 9.59 Å². The number of anilines is 4. The number of benzene rings is 1. The highest BCUT2D eigenvalue weighted by atomic mass is 32.1. The number of amides is 2. The number of carbonyl (C=O) groups excluding carboxylic acids is 2. The number of nitrogens with two attached hydrogens (primary N) is 1. The van der Waals surface area contributed by atoms with Gasteiger partial charge in [-0.3, -0.25) is 9.59 Å². The molecule has 1 aliphatic rings. The van der Waals surface area contributed by atoms with Crippen LogP contribution in [0.4, 0.5) is 22.3 Å². The summed E-state index contributed by atoms with van der Waals surface area (Å²) in [6, 6.07) is 9.31. The normalized spacial score (nSPS) is 17.7. The fraction of sp³-hybridized carbons (Fsp3) is 0.375. The Balaban J connectivity index is 1.52. The minimum atomic E-state index is -0.662. The lowest BCUT2D eigenvalue weighted by molar-refractivity contribution is 0.0923. The lowest BCUT2D eigenvalue weighted by Crippen LogP contribution is -2.54. The first kappa shape index (κ1) is 24.4. The monoisotopic (exact) mass is 494 g/mol. The number of aromatic nitrogens is 3. The van der Waals surface area contributed by atoms with Gasteiger partial charge in [0.05, 0.1) is 11.9 Å². The van der Waals surface area contributed by atoms with Gasteiger partial charge in [-0.05, 0) is 68.6 Å². The van der Waals surface area contributed by atoms with E-state index in [-0.39, 0.29) is 29.5 Å². The third kappa shape index (κ3) is 5.51. The number of nitrogens with zero attached hydrogens (tertiary/aromatic N) is 5. The topological polar surface area (TPSA) is 129 Å². The van der Waals surface area contributed by atoms with Crippen molar-refractivity contribution in [3.8, 4) is 0 Å². The first-order chi connectivity index (χ1) is 16.7. The summed E-state index contributed by atoms with van der Waals surface area (Å²) in [6.07, 6.45) is 3.30. The van der Waals surface area contributed by atoms with Crippen LogP contribution in [0.2, 0.25) is 0 Å². The smallest absolute Gasteiger partial charge is 0.271 e. The molecule has 0 spiro atoms. The second kappa shape index (κ2) is 10.3. The number of carbonyl (C=O) groups is 2. The van der Waals surface area contributed by atoms with E-state index >= 15 is 0 Å². The summed E-state index contributed by atoms with van der Waals surface area (Å²) >= 11 is 1.27. The Morgan fingerprint density at radius 1 is 1.23 bits per heavy atom. The number of piperidine rings is 1. The molecule has 2 atom stereocenters. The molecule has 1 aliphatic heterocycles. The van der Waals surface area contributed by atoms with E-state index in [1.165, 1.54) is 11.5 Å². The van der Waals surface area contributed by atoms with E-state index in [0.29, 0.717) is 11.4 Å². The SMILES string of the molecule is Cc1cc(Nc2nc(N3CCC[C@@H](NC(=O)c4ccc(N(C)C)cc4)[C@H]3C)cnc2C(N)=O)sn1. The zero-order valence-electron chi connectivity index (χ0n) is 20.3. The summed E-state index contributed by atoms with van der Waals surface area (Å²) in [7, 11) is 3.93. The molecule has 0 radical (unpaired) electrons. The molecular formula is C24H30N8O2S. The van der Waals surface area contributed by atoms with Crippen LogP contribution in [0.3, 0.4) is 0 Å². The van der Waals surface area contributed by atoms with Gasteiger partial charge in [0.15, 0.2) is 11.5 Å². The fourth-order valence-electron chi connectivity index (χ4n) is 4.15. The highest BCUT2D eigenvalue weighted by molar-refractivity contribution is 7.10. The van der Waals surface area contributed by atoms with Gasteiger partial charge in [0.2, 0.25) is 0 Å². The van der Waals surface area contributed by atoms with Crippen LogP contribution in [0.1, 0.15) is 46.3 Å². The van der Waals surface area contributed by atoms with Gasteiger partial charge in [0.25, 0.3) is 11.8 Å². The quantitative estimate of drug-likeness (QED) is 0.457. The van der Waals surface area contributed by atoms with Crippen molar-refractivity contribution in [3.05, 3.63) is 53.5 Å². The molecule has 3 heterocycles. The van der Waals surface area contributed by atoms with Crippen molar-refractivity contribution >= 4 is 45.7 Å². The van der Waals surface area contributed by atoms with Crippen LogP contribution in [0.5, 0.6) is 0 Å². The van der Waals surface area contributed by atoms with Crippen LogP contribution < -0.4 is 26.2 Å². The number of nitrogens with one attached hydrogen (secondary N) is 2. The molecule has 4 N–H and O–H groups in total. The Morgan fingerprint density at radius 2 is 1.97 bits per heavy atom. The molecule has 1 aromatic carbocycles. The van der Waals surface area contributed by atoms with E-state index in [1.807, 2.05) is 56.3 Å². The lowest BCUT2D eigenvalue weighted by atomic mass is 9.97. The molecule has 0 bridgehead atoms. The van der Waals surface area contributed by atoms with Gasteiger partial charge in [0.1, 0.15) is 10.8 Å². The minimum absolute atomic E-state index is 0.0269. The summed E-state index contributed by atoms with van der Waals surface area (Å²) in [4.78, 5) is 37.9. The van der Waals surface area contributed by atoms with Gasteiger partial charge in [0, 0.05) is 44.0 Å². The molecule has 1 saturated heterocycles. The van der Waals surface area contributed by atoms with E-state index in [1.54, 1.807) is 6.20 Å². The van der Waals surface area contributed by atoms with E-state index in [4.69, 9.17) is 5.73 Å². The first-order valence-corrected chi connectivity index (χ1v) is 12.2. The lowest BCUT2D eigenvalue weighted by Gasteiger charge is -2.40. The van der Waals surface area contributed by atoms with Crippen molar-refractivity contribution in [2.45, 2.75) is 38.8 Å². The fourth-order valence-corrected chi connectivity index (χ4v) is 4.81. The Kier molecular flexibility index (Phi) is 7.15. The Bertz CT molecular complexity index is 1210. The number of aryl methyl sites for hydroxylation is 1. The largest absolute Gasteiger partial charge is 0.378 e. The molecule has 1 fully saturated rings. The predicted octanol–water partition coefficient (Wildman–Crippen LogP) is 2.94. The maximum Gasteiger partial charge on any atom is 0.271 e. The Hall–Kier alpha value is -3.73. The molecule has 4 rings (SSSR count). The van der Waals surface area contributed by atoms with Crippen LogP contribution in [0.25, 0.3) is 0 Å². The third-order valence-corrected chi connectivity index (χ3v) is 6.90. The average molecular weight is 495 g/mol. The van der Waals surface area contributed by atoms with Crippen molar-refractivity contribution in [1.82, 2.24) is 19.7 Å². The molecule has 11 heteroatoms. The van der Waals surface area contributed by atoms with Crippen LogP contribution in [-0.2, 0) is 0 Å². The van der Waals surface area contributed by atoms with Gasteiger partial charge in [-0.2, -0.15) is 4.37 Å². The van der Waals surface area contributed by atoms with Crippen LogP contribution in [-0.4, -0.2) is 58.9 Å². The molecular weight excluding hydrogens is 464 g/mol. The maximum absolute atomic E-state index is 12.9. The first-order valence-electron chi connectivity index (χ1n) is 11.4. The molecule has 35 heavy (non-hydrogen) atoms. The van der Waals surface area contributed by atoms with Gasteiger partial charge in [-0.25, -0.2) is 9.97 Å². The van der Waals surface area contributed by atoms with Crippen molar-refractivity contribution in [2.75, 3.05) is 35.8 Å². The zero-order valence-corrected chi connectivity index (χ0v) is 21.1. The summed E-state index contributed by atoms with van der Waals surface area (Å²) in [5.74, 6) is 0.135. The predicted molar refractivity (Wildman–Crippen MR) is 139 cm³/mol. The van der Waals surface area contributed by atoms with Gasteiger partial charge in [-0.1, -0.05) is 0 Å². The zero-order chi connectivity index (χ0) is 25.1. The van der Waals surface area contributed by atoms with Gasteiger partial charge in [-0.15, -0.1) is 0 Å². The van der Waals surface area contributed by atoms with Crippen molar-refractivity contribution in [1.29, 1.82) is 0 Å². The number of hydrogen-bond donors (Lipinski definition) is 3. The molecule has 2 aromatic heterocycles. The summed E-state index contributed by atoms with van der Waals surface area (Å²) in [5.41, 5.74) is 8.12. The minimum Gasteiger partial charge on any atom is -0.378 e. The Morgan fingerprint density at radius 3 is 2.60 bits per heavy atom. The van der Waals surface area contributed by atoms with E-state index in [9.17, 15) is 9.59 Å². The van der Waals surface area contributed by atoms with Crippen LogP contribution in [0, 0.1) is 6.92 Å². The van der Waals surface area contributed by atoms with Crippen molar-refractivity contribution in [3.63, 3.8) is 0 Å². The highest BCUT2D eigenvalue weighted by Crippen LogP contribution is 2.28. The van der Waals surface area contributed by atoms with E-state index in [0.717, 1.165) is 35.8 Å². The standard InChI is InChI=1S/C24H30N8O2S/c1-14-12-20(35-30-14)29-23-21(22(25)33)26-13-19(28-23)32-11-5-6-18(15(32)2)27-24(34)16-7-9-17(10-8-16)31(3)4/h7-10,12-13,15,18H,5-6,11H2,1-4H3,(H2,25,33)(H,27,34)(H,28,29)/t15-,18-/m1/s1. The summed E-state index contributed by atoms with van der Waals surface area (Å²) in [6.45, 7) is 4.70. The summed E-state index contributed by atoms with van der Waals surface area (Å²) in [5, 5.41) is 7.05. The number of rotatable bonds is 7. The molecule has 0 saturated carbocycles. The molecule has 10 nitrogen and oxygen atoms in total. The second-order valence-electron chi connectivity index (χ2n) is 8.84. The summed E-state index contributed by atoms with van der Waals surface area (Å²) < 4.78 is 4.25. The number of primary amides is 1. The van der Waals surface area contributed by atoms with E-state index < -0.39 is 5.91 Å². The third-order valence-electron chi connectivity index (χ3n) is 6.11. The van der Waals surface area contributed by atoms with Crippen LogP contribution in [0.15, 0.2) is 36.5 Å². The maximum atomic E-state index is 12.9. The van der Waals surface area contributed by atoms with Gasteiger partial charge < -0.3 is 26.2 Å². The molecule has 184 valence electrons. The molecule has 0 aliphatic carbocycles. The Labute approximate surface area is 208 Å². The average Bonchev–Trinajstić information content (AvgIpc) is 3.24.